The molecule has 1 aromatic rings. The van der Waals surface area contributed by atoms with Gasteiger partial charge < -0.3 is 4.90 Å². The molecule has 3 nitrogen and oxygen atoms in total. The first-order valence-electron chi connectivity index (χ1n) is 8.02. The number of hydrogen-bond donors (Lipinski definition) is 0. The van der Waals surface area contributed by atoms with Crippen LogP contribution < -0.4 is 0 Å². The number of carbonyl (C=O) groups excluding carboxylic acids is 1. The zero-order valence-electron chi connectivity index (χ0n) is 12.6. The lowest BCUT2D eigenvalue weighted by Crippen LogP contribution is -2.38. The highest BCUT2D eigenvalue weighted by Crippen LogP contribution is 2.31. The van der Waals surface area contributed by atoms with Gasteiger partial charge in [-0.25, -0.2) is 0 Å². The number of amides is 1. The molecular formula is C17H26N2O. The molecule has 2 rings (SSSR count). The maximum Gasteiger partial charge on any atom is 0.223 e. The molecule has 20 heavy (non-hydrogen) atoms. The van der Waals surface area contributed by atoms with Crippen molar-refractivity contribution in [3.8, 4) is 0 Å². The number of unbranched alkanes of at least 4 members (excludes halogenated alkanes) is 3. The summed E-state index contributed by atoms with van der Waals surface area (Å²) in [5.74, 6) is 0.328. The van der Waals surface area contributed by atoms with E-state index >= 15 is 0 Å². The minimum Gasteiger partial charge on any atom is -0.336 e. The second-order valence-corrected chi connectivity index (χ2v) is 5.70. The van der Waals surface area contributed by atoms with Crippen LogP contribution in [0, 0.1) is 0 Å². The summed E-state index contributed by atoms with van der Waals surface area (Å²) in [4.78, 5) is 18.7. The van der Waals surface area contributed by atoms with E-state index in [4.69, 9.17) is 0 Å². The Kier molecular flexibility index (Phi) is 6.03. The summed E-state index contributed by atoms with van der Waals surface area (Å²) < 4.78 is 0. The number of aromatic nitrogens is 1. The van der Waals surface area contributed by atoms with E-state index in [0.29, 0.717) is 12.3 Å². The van der Waals surface area contributed by atoms with Gasteiger partial charge >= 0.3 is 0 Å². The van der Waals surface area contributed by atoms with Gasteiger partial charge in [0.05, 0.1) is 6.04 Å². The third-order valence-electron chi connectivity index (χ3n) is 4.14. The van der Waals surface area contributed by atoms with Crippen LogP contribution in [0.1, 0.15) is 69.9 Å². The van der Waals surface area contributed by atoms with Crippen LogP contribution in [-0.4, -0.2) is 22.3 Å². The van der Waals surface area contributed by atoms with Crippen LogP contribution in [-0.2, 0) is 4.79 Å². The van der Waals surface area contributed by atoms with E-state index in [1.807, 2.05) is 12.3 Å². The fraction of sp³-hybridized carbons (Fsp3) is 0.647. The van der Waals surface area contributed by atoms with E-state index in [1.54, 1.807) is 6.20 Å². The molecule has 1 aliphatic rings. The number of rotatable bonds is 6. The Balaban J connectivity index is 1.94. The average Bonchev–Trinajstić information content (AvgIpc) is 2.52. The molecule has 0 saturated carbocycles. The summed E-state index contributed by atoms with van der Waals surface area (Å²) in [7, 11) is 0. The maximum absolute atomic E-state index is 12.5. The summed E-state index contributed by atoms with van der Waals surface area (Å²) in [5.41, 5.74) is 1.19. The third-order valence-corrected chi connectivity index (χ3v) is 4.14. The second-order valence-electron chi connectivity index (χ2n) is 5.70. The number of carbonyl (C=O) groups is 1. The smallest absolute Gasteiger partial charge is 0.223 e. The van der Waals surface area contributed by atoms with E-state index in [2.05, 4.69) is 22.9 Å². The lowest BCUT2D eigenvalue weighted by atomic mass is 9.95. The van der Waals surface area contributed by atoms with Gasteiger partial charge in [0.15, 0.2) is 0 Å². The van der Waals surface area contributed by atoms with Gasteiger partial charge in [-0.3, -0.25) is 9.78 Å². The van der Waals surface area contributed by atoms with Crippen LogP contribution >= 0.6 is 0 Å². The predicted octanol–water partition coefficient (Wildman–Crippen LogP) is 4.11. The number of hydrogen-bond acceptors (Lipinski definition) is 2. The topological polar surface area (TPSA) is 33.2 Å². The van der Waals surface area contributed by atoms with Crippen LogP contribution in [0.15, 0.2) is 24.5 Å². The highest BCUT2D eigenvalue weighted by atomic mass is 16.2. The largest absolute Gasteiger partial charge is 0.336 e. The summed E-state index contributed by atoms with van der Waals surface area (Å²) in [6.07, 6.45) is 12.5. The monoisotopic (exact) mass is 274 g/mol. The van der Waals surface area contributed by atoms with Gasteiger partial charge in [0.1, 0.15) is 0 Å². The van der Waals surface area contributed by atoms with Crippen molar-refractivity contribution in [2.75, 3.05) is 6.54 Å². The van der Waals surface area contributed by atoms with Gasteiger partial charge in [-0.05, 0) is 37.3 Å². The van der Waals surface area contributed by atoms with Gasteiger partial charge in [0.25, 0.3) is 0 Å². The Labute approximate surface area is 122 Å². The Morgan fingerprint density at radius 2 is 2.25 bits per heavy atom. The van der Waals surface area contributed by atoms with Gasteiger partial charge in [0, 0.05) is 25.4 Å². The molecule has 0 aliphatic carbocycles. The molecule has 1 aromatic heterocycles. The van der Waals surface area contributed by atoms with Gasteiger partial charge in [0.2, 0.25) is 5.91 Å². The fourth-order valence-corrected chi connectivity index (χ4v) is 3.00. The predicted molar refractivity (Wildman–Crippen MR) is 81.3 cm³/mol. The highest BCUT2D eigenvalue weighted by molar-refractivity contribution is 5.76. The van der Waals surface area contributed by atoms with Gasteiger partial charge in [-0.15, -0.1) is 0 Å². The minimum atomic E-state index is 0.246. The summed E-state index contributed by atoms with van der Waals surface area (Å²) >= 11 is 0. The SMILES string of the molecule is CCCCCCC(=O)N1CCCCC1c1cccnc1. The first-order chi connectivity index (χ1) is 9.83. The molecule has 3 heteroatoms. The van der Waals surface area contributed by atoms with Crippen molar-refractivity contribution in [1.82, 2.24) is 9.88 Å². The first-order valence-corrected chi connectivity index (χ1v) is 8.02. The standard InChI is InChI=1S/C17H26N2O/c1-2-3-4-5-11-17(20)19-13-7-6-10-16(19)15-9-8-12-18-14-15/h8-9,12,14,16H,2-7,10-11,13H2,1H3. The zero-order valence-corrected chi connectivity index (χ0v) is 12.6. The van der Waals surface area contributed by atoms with Crippen LogP contribution in [0.25, 0.3) is 0 Å². The molecule has 0 spiro atoms. The first kappa shape index (κ1) is 15.0. The Morgan fingerprint density at radius 1 is 1.35 bits per heavy atom. The molecule has 0 N–H and O–H groups in total. The molecule has 0 radical (unpaired) electrons. The molecule has 1 fully saturated rings. The number of piperidine rings is 1. The molecule has 1 saturated heterocycles. The Hall–Kier alpha value is -1.38. The van der Waals surface area contributed by atoms with Crippen molar-refractivity contribution < 1.29 is 4.79 Å². The molecule has 0 aromatic carbocycles. The lowest BCUT2D eigenvalue weighted by molar-refractivity contribution is -0.135. The summed E-state index contributed by atoms with van der Waals surface area (Å²) in [5, 5.41) is 0. The van der Waals surface area contributed by atoms with Crippen LogP contribution in [0.3, 0.4) is 0 Å². The number of likely N-dealkylation sites (tertiary alicyclic amines) is 1. The van der Waals surface area contributed by atoms with Crippen LogP contribution in [0.4, 0.5) is 0 Å². The normalized spacial score (nSPS) is 19.1. The van der Waals surface area contributed by atoms with Crippen molar-refractivity contribution >= 4 is 5.91 Å². The maximum atomic E-state index is 12.5. The van der Waals surface area contributed by atoms with E-state index in [1.165, 1.54) is 31.2 Å². The Morgan fingerprint density at radius 3 is 3.00 bits per heavy atom. The molecular weight excluding hydrogens is 248 g/mol. The van der Waals surface area contributed by atoms with E-state index in [9.17, 15) is 4.79 Å². The third kappa shape index (κ3) is 4.06. The van der Waals surface area contributed by atoms with Gasteiger partial charge in [-0.1, -0.05) is 32.3 Å². The summed E-state index contributed by atoms with van der Waals surface area (Å²) in [6, 6.07) is 4.31. The zero-order chi connectivity index (χ0) is 14.2. The van der Waals surface area contributed by atoms with Crippen LogP contribution in [0.2, 0.25) is 0 Å². The second kappa shape index (κ2) is 8.03. The van der Waals surface area contributed by atoms with Crippen LogP contribution in [0.5, 0.6) is 0 Å². The summed E-state index contributed by atoms with van der Waals surface area (Å²) in [6.45, 7) is 3.11. The lowest BCUT2D eigenvalue weighted by Gasteiger charge is -2.36. The molecule has 0 bridgehead atoms. The molecule has 1 atom stereocenters. The van der Waals surface area contributed by atoms with E-state index in [0.717, 1.165) is 25.8 Å². The molecule has 110 valence electrons. The quantitative estimate of drug-likeness (QED) is 0.731. The minimum absolute atomic E-state index is 0.246. The van der Waals surface area contributed by atoms with Crippen molar-refractivity contribution in [2.45, 2.75) is 64.3 Å². The van der Waals surface area contributed by atoms with Crippen molar-refractivity contribution in [2.24, 2.45) is 0 Å². The Bertz CT molecular complexity index is 405. The van der Waals surface area contributed by atoms with Crippen molar-refractivity contribution in [3.05, 3.63) is 30.1 Å². The average molecular weight is 274 g/mol. The number of nitrogens with zero attached hydrogens (tertiary/aromatic N) is 2. The van der Waals surface area contributed by atoms with Gasteiger partial charge in [-0.2, -0.15) is 0 Å². The molecule has 1 unspecified atom stereocenters. The molecule has 1 amide bonds. The molecule has 1 aliphatic heterocycles. The molecule has 2 heterocycles. The number of pyridine rings is 1. The van der Waals surface area contributed by atoms with Crippen molar-refractivity contribution in [3.63, 3.8) is 0 Å². The van der Waals surface area contributed by atoms with E-state index in [-0.39, 0.29) is 6.04 Å². The van der Waals surface area contributed by atoms with Crippen molar-refractivity contribution in [1.29, 1.82) is 0 Å². The van der Waals surface area contributed by atoms with E-state index < -0.39 is 0 Å². The highest BCUT2D eigenvalue weighted by Gasteiger charge is 2.27. The fourth-order valence-electron chi connectivity index (χ4n) is 3.00.